The van der Waals surface area contributed by atoms with E-state index in [4.69, 9.17) is 4.74 Å². The van der Waals surface area contributed by atoms with E-state index in [1.165, 1.54) is 24.3 Å². The monoisotopic (exact) mass is 420 g/mol. The Bertz CT molecular complexity index is 1070. The summed E-state index contributed by atoms with van der Waals surface area (Å²) in [7, 11) is 0. The van der Waals surface area contributed by atoms with Crippen molar-refractivity contribution in [3.63, 3.8) is 0 Å². The summed E-state index contributed by atoms with van der Waals surface area (Å²) in [5.41, 5.74) is 1.90. The second kappa shape index (κ2) is 9.25. The highest BCUT2D eigenvalue weighted by Gasteiger charge is 2.23. The van der Waals surface area contributed by atoms with Gasteiger partial charge in [0.1, 0.15) is 11.6 Å². The normalized spacial score (nSPS) is 12.7. The van der Waals surface area contributed by atoms with E-state index in [0.29, 0.717) is 22.9 Å². The van der Waals surface area contributed by atoms with Gasteiger partial charge in [0.25, 0.3) is 5.91 Å². The van der Waals surface area contributed by atoms with Crippen LogP contribution in [-0.4, -0.2) is 23.0 Å². The molecule has 158 valence electrons. The molecule has 1 aromatic heterocycles. The summed E-state index contributed by atoms with van der Waals surface area (Å²) < 4.78 is 18.6. The van der Waals surface area contributed by atoms with Crippen LogP contribution in [0.15, 0.2) is 66.9 Å². The number of urea groups is 1. The van der Waals surface area contributed by atoms with E-state index in [1.54, 1.807) is 42.6 Å². The minimum absolute atomic E-state index is 0.240. The smallest absolute Gasteiger partial charge is 0.319 e. The second-order valence-corrected chi connectivity index (χ2v) is 7.19. The lowest BCUT2D eigenvalue weighted by atomic mass is 10.2. The van der Waals surface area contributed by atoms with E-state index in [0.717, 1.165) is 18.4 Å². The maximum Gasteiger partial charge on any atom is 0.319 e. The van der Waals surface area contributed by atoms with Gasteiger partial charge < -0.3 is 20.7 Å². The predicted octanol–water partition coefficient (Wildman–Crippen LogP) is 4.23. The summed E-state index contributed by atoms with van der Waals surface area (Å²) in [6, 6.07) is 15.8. The maximum atomic E-state index is 13.0. The largest absolute Gasteiger partial charge is 0.439 e. The highest BCUT2D eigenvalue weighted by Crippen LogP contribution is 2.21. The van der Waals surface area contributed by atoms with Gasteiger partial charge in [0.15, 0.2) is 0 Å². The van der Waals surface area contributed by atoms with E-state index in [1.807, 2.05) is 0 Å². The fourth-order valence-electron chi connectivity index (χ4n) is 2.81. The predicted molar refractivity (Wildman–Crippen MR) is 113 cm³/mol. The number of ether oxygens (including phenoxy) is 1. The van der Waals surface area contributed by atoms with Gasteiger partial charge >= 0.3 is 6.03 Å². The fourth-order valence-corrected chi connectivity index (χ4v) is 2.81. The molecule has 1 heterocycles. The van der Waals surface area contributed by atoms with Gasteiger partial charge in [-0.2, -0.15) is 0 Å². The number of carbonyl (C=O) groups is 2. The Labute approximate surface area is 178 Å². The first-order valence-electron chi connectivity index (χ1n) is 9.89. The van der Waals surface area contributed by atoms with Crippen molar-refractivity contribution in [1.82, 2.24) is 15.6 Å². The molecule has 4 rings (SSSR count). The standard InChI is InChI=1S/C23H21FN4O3/c24-17-3-9-20(10-4-17)31-21-13-15(11-12-25-21)14-26-22(29)16-1-5-18(6-2-16)27-23(30)28-19-7-8-19/h1-6,9-13,19H,7-8,14H2,(H,26,29)(H2,27,28,30). The Morgan fingerprint density at radius 3 is 2.48 bits per heavy atom. The van der Waals surface area contributed by atoms with Gasteiger partial charge in [-0.25, -0.2) is 14.2 Å². The van der Waals surface area contributed by atoms with Gasteiger partial charge in [0, 0.05) is 36.1 Å². The van der Waals surface area contributed by atoms with Gasteiger partial charge in [-0.15, -0.1) is 0 Å². The molecule has 1 aliphatic carbocycles. The number of rotatable bonds is 7. The molecule has 0 bridgehead atoms. The van der Waals surface area contributed by atoms with Crippen LogP contribution < -0.4 is 20.7 Å². The van der Waals surface area contributed by atoms with Gasteiger partial charge in [0.2, 0.25) is 5.88 Å². The summed E-state index contributed by atoms with van der Waals surface area (Å²) >= 11 is 0. The number of nitrogens with one attached hydrogen (secondary N) is 3. The summed E-state index contributed by atoms with van der Waals surface area (Å²) in [5, 5.41) is 8.42. The molecular formula is C23H21FN4O3. The molecule has 0 spiro atoms. The third kappa shape index (κ3) is 6.02. The van der Waals surface area contributed by atoms with Crippen LogP contribution in [-0.2, 0) is 6.54 Å². The maximum absolute atomic E-state index is 13.0. The zero-order chi connectivity index (χ0) is 21.6. The molecule has 3 amide bonds. The number of aromatic nitrogens is 1. The van der Waals surface area contributed by atoms with Crippen molar-refractivity contribution in [2.75, 3.05) is 5.32 Å². The minimum atomic E-state index is -0.345. The minimum Gasteiger partial charge on any atom is -0.439 e. The Balaban J connectivity index is 1.29. The van der Waals surface area contributed by atoms with E-state index in [9.17, 15) is 14.0 Å². The lowest BCUT2D eigenvalue weighted by Crippen LogP contribution is -2.30. The van der Waals surface area contributed by atoms with Crippen molar-refractivity contribution in [3.8, 4) is 11.6 Å². The highest BCUT2D eigenvalue weighted by atomic mass is 19.1. The molecule has 1 saturated carbocycles. The van der Waals surface area contributed by atoms with Gasteiger partial charge in [0.05, 0.1) is 0 Å². The molecule has 31 heavy (non-hydrogen) atoms. The average Bonchev–Trinajstić information content (AvgIpc) is 3.58. The van der Waals surface area contributed by atoms with Crippen molar-refractivity contribution in [2.24, 2.45) is 0 Å². The van der Waals surface area contributed by atoms with Crippen LogP contribution >= 0.6 is 0 Å². The molecule has 7 nitrogen and oxygen atoms in total. The molecule has 1 fully saturated rings. The molecule has 3 N–H and O–H groups in total. The van der Waals surface area contributed by atoms with E-state index >= 15 is 0 Å². The lowest BCUT2D eigenvalue weighted by molar-refractivity contribution is 0.0951. The van der Waals surface area contributed by atoms with Crippen LogP contribution in [0.2, 0.25) is 0 Å². The fraction of sp³-hybridized carbons (Fsp3) is 0.174. The molecule has 1 aliphatic rings. The molecule has 3 aromatic rings. The number of amides is 3. The SMILES string of the molecule is O=C(Nc1ccc(C(=O)NCc2ccnc(Oc3ccc(F)cc3)c2)cc1)NC1CC1. The Morgan fingerprint density at radius 2 is 1.77 bits per heavy atom. The molecule has 0 unspecified atom stereocenters. The van der Waals surface area contributed by atoms with Crippen molar-refractivity contribution < 1.29 is 18.7 Å². The summed E-state index contributed by atoms with van der Waals surface area (Å²) in [6.07, 6.45) is 3.61. The van der Waals surface area contributed by atoms with Gasteiger partial charge in [-0.1, -0.05) is 0 Å². The molecule has 0 atom stereocenters. The van der Waals surface area contributed by atoms with Crippen LogP contribution in [0.4, 0.5) is 14.9 Å². The average molecular weight is 420 g/mol. The van der Waals surface area contributed by atoms with Crippen LogP contribution in [0.1, 0.15) is 28.8 Å². The third-order valence-corrected chi connectivity index (χ3v) is 4.61. The van der Waals surface area contributed by atoms with Crippen LogP contribution in [0.5, 0.6) is 11.6 Å². The van der Waals surface area contributed by atoms with Crippen molar-refractivity contribution in [3.05, 3.63) is 83.8 Å². The number of benzene rings is 2. The van der Waals surface area contributed by atoms with E-state index in [-0.39, 0.29) is 30.3 Å². The molecule has 0 radical (unpaired) electrons. The lowest BCUT2D eigenvalue weighted by Gasteiger charge is -2.09. The molecular weight excluding hydrogens is 399 g/mol. The van der Waals surface area contributed by atoms with E-state index in [2.05, 4.69) is 20.9 Å². The van der Waals surface area contributed by atoms with E-state index < -0.39 is 0 Å². The molecule has 0 saturated heterocycles. The number of hydrogen-bond acceptors (Lipinski definition) is 4. The Morgan fingerprint density at radius 1 is 1.03 bits per heavy atom. The first-order valence-corrected chi connectivity index (χ1v) is 9.89. The summed E-state index contributed by atoms with van der Waals surface area (Å²) in [4.78, 5) is 28.3. The Hall–Kier alpha value is -3.94. The van der Waals surface area contributed by atoms with Crippen LogP contribution in [0.25, 0.3) is 0 Å². The van der Waals surface area contributed by atoms with Gasteiger partial charge in [-0.05, 0) is 73.0 Å². The molecule has 2 aromatic carbocycles. The van der Waals surface area contributed by atoms with Gasteiger partial charge in [-0.3, -0.25) is 4.79 Å². The van der Waals surface area contributed by atoms with Crippen LogP contribution in [0.3, 0.4) is 0 Å². The van der Waals surface area contributed by atoms with Crippen molar-refractivity contribution >= 4 is 17.6 Å². The quantitative estimate of drug-likeness (QED) is 0.533. The van der Waals surface area contributed by atoms with Crippen molar-refractivity contribution in [1.29, 1.82) is 0 Å². The second-order valence-electron chi connectivity index (χ2n) is 7.19. The number of pyridine rings is 1. The topological polar surface area (TPSA) is 92.4 Å². The number of carbonyl (C=O) groups excluding carboxylic acids is 2. The first-order chi connectivity index (χ1) is 15.0. The van der Waals surface area contributed by atoms with Crippen LogP contribution in [0, 0.1) is 5.82 Å². The number of hydrogen-bond donors (Lipinski definition) is 3. The Kier molecular flexibility index (Phi) is 6.07. The number of nitrogens with zero attached hydrogens (tertiary/aromatic N) is 1. The highest BCUT2D eigenvalue weighted by molar-refractivity contribution is 5.95. The zero-order valence-corrected chi connectivity index (χ0v) is 16.6. The zero-order valence-electron chi connectivity index (χ0n) is 16.6. The first kappa shape index (κ1) is 20.3. The number of halogens is 1. The third-order valence-electron chi connectivity index (χ3n) is 4.61. The molecule has 8 heteroatoms. The number of anilines is 1. The summed E-state index contributed by atoms with van der Waals surface area (Å²) in [6.45, 7) is 0.283. The molecule has 0 aliphatic heterocycles. The summed E-state index contributed by atoms with van der Waals surface area (Å²) in [5.74, 6) is 0.224. The van der Waals surface area contributed by atoms with Crippen molar-refractivity contribution in [2.45, 2.75) is 25.4 Å².